The Morgan fingerprint density at radius 1 is 0.444 bits per heavy atom. The zero-order chi connectivity index (χ0) is 39.6. The third-order valence-corrected chi connectivity index (χ3v) is 11.5. The van der Waals surface area contributed by atoms with E-state index in [1.807, 2.05) is 0 Å². The van der Waals surface area contributed by atoms with Gasteiger partial charge in [0.2, 0.25) is 0 Å². The summed E-state index contributed by atoms with van der Waals surface area (Å²) in [6, 6.07) is 0. The van der Waals surface area contributed by atoms with Crippen molar-refractivity contribution in [1.82, 2.24) is 0 Å². The summed E-state index contributed by atoms with van der Waals surface area (Å²) in [5.41, 5.74) is 0. The standard InChI is InChI=1S/C45H89O8P/c1-4-6-8-10-12-14-16-18-19-20-21-22-23-24-25-26-27-28-30-32-34-36-38-40-45(47)53-43(42-52-54(48,49)50-3)41-51-44(46)39-37-35-33-31-29-17-15-13-11-9-7-5-2/h43H,4-42H2,1-3H3,(H,48,49). The topological polar surface area (TPSA) is 108 Å². The molecule has 0 bridgehead atoms. The zero-order valence-electron chi connectivity index (χ0n) is 35.9. The van der Waals surface area contributed by atoms with Crippen LogP contribution >= 0.6 is 7.82 Å². The lowest BCUT2D eigenvalue weighted by atomic mass is 10.0. The van der Waals surface area contributed by atoms with Crippen LogP contribution in [0.3, 0.4) is 0 Å². The predicted octanol–water partition coefficient (Wildman–Crippen LogP) is 14.7. The van der Waals surface area contributed by atoms with Gasteiger partial charge in [-0.05, 0) is 12.8 Å². The molecule has 0 rings (SSSR count). The van der Waals surface area contributed by atoms with Crippen molar-refractivity contribution in [2.24, 2.45) is 0 Å². The number of ether oxygens (including phenoxy) is 2. The molecule has 0 spiro atoms. The van der Waals surface area contributed by atoms with Crippen LogP contribution in [0.4, 0.5) is 0 Å². The number of hydrogen-bond donors (Lipinski definition) is 1. The highest BCUT2D eigenvalue weighted by molar-refractivity contribution is 7.47. The maximum atomic E-state index is 12.5. The molecule has 54 heavy (non-hydrogen) atoms. The Labute approximate surface area is 334 Å². The lowest BCUT2D eigenvalue weighted by molar-refractivity contribution is -0.161. The van der Waals surface area contributed by atoms with Crippen LogP contribution in [-0.2, 0) is 32.7 Å². The first kappa shape index (κ1) is 53.0. The molecule has 0 saturated heterocycles. The van der Waals surface area contributed by atoms with Crippen LogP contribution in [-0.4, -0.2) is 43.3 Å². The first-order valence-electron chi connectivity index (χ1n) is 23.2. The molecule has 0 heterocycles. The van der Waals surface area contributed by atoms with Crippen LogP contribution in [0.5, 0.6) is 0 Å². The molecule has 0 aromatic carbocycles. The molecule has 0 aliphatic carbocycles. The third-order valence-electron chi connectivity index (χ3n) is 10.6. The molecular weight excluding hydrogens is 699 g/mol. The van der Waals surface area contributed by atoms with E-state index in [9.17, 15) is 19.0 Å². The molecule has 0 fully saturated rings. The van der Waals surface area contributed by atoms with Crippen molar-refractivity contribution < 1.29 is 37.6 Å². The SMILES string of the molecule is CCCCCCCCCCCCCCCCCCCCCCCCCC(=O)OC(COC(=O)CCCCCCCCCCCCCC)COP(=O)(O)OC. The van der Waals surface area contributed by atoms with Gasteiger partial charge in [0.05, 0.1) is 6.61 Å². The first-order chi connectivity index (χ1) is 26.3. The van der Waals surface area contributed by atoms with Gasteiger partial charge in [0.1, 0.15) is 6.61 Å². The van der Waals surface area contributed by atoms with Gasteiger partial charge in [-0.15, -0.1) is 0 Å². The van der Waals surface area contributed by atoms with Gasteiger partial charge < -0.3 is 14.4 Å². The second kappa shape index (κ2) is 41.7. The van der Waals surface area contributed by atoms with Gasteiger partial charge in [-0.1, -0.05) is 226 Å². The molecule has 0 saturated carbocycles. The Morgan fingerprint density at radius 3 is 1.02 bits per heavy atom. The number of unbranched alkanes of at least 4 members (excludes halogenated alkanes) is 33. The molecule has 0 aliphatic rings. The summed E-state index contributed by atoms with van der Waals surface area (Å²) in [6.45, 7) is 3.92. The lowest BCUT2D eigenvalue weighted by Gasteiger charge is -2.19. The van der Waals surface area contributed by atoms with Gasteiger partial charge in [0, 0.05) is 20.0 Å². The van der Waals surface area contributed by atoms with Crippen molar-refractivity contribution in [3.63, 3.8) is 0 Å². The van der Waals surface area contributed by atoms with E-state index in [0.29, 0.717) is 6.42 Å². The molecular formula is C45H89O8P. The Morgan fingerprint density at radius 2 is 0.722 bits per heavy atom. The highest BCUT2D eigenvalue weighted by Gasteiger charge is 2.24. The number of carbonyl (C=O) groups excluding carboxylic acids is 2. The summed E-state index contributed by atoms with van der Waals surface area (Å²) in [5.74, 6) is -0.786. The highest BCUT2D eigenvalue weighted by atomic mass is 31.2. The third kappa shape index (κ3) is 40.7. The molecule has 0 radical (unpaired) electrons. The first-order valence-corrected chi connectivity index (χ1v) is 24.7. The number of phosphoric ester groups is 1. The Bertz CT molecular complexity index is 854. The van der Waals surface area contributed by atoms with E-state index in [-0.39, 0.29) is 19.0 Å². The largest absolute Gasteiger partial charge is 0.472 e. The van der Waals surface area contributed by atoms with E-state index in [0.717, 1.165) is 45.6 Å². The Kier molecular flexibility index (Phi) is 40.9. The monoisotopic (exact) mass is 789 g/mol. The summed E-state index contributed by atoms with van der Waals surface area (Å²) in [6.07, 6.45) is 44.5. The molecule has 9 heteroatoms. The maximum absolute atomic E-state index is 12.5. The van der Waals surface area contributed by atoms with Crippen molar-refractivity contribution in [2.75, 3.05) is 20.3 Å². The van der Waals surface area contributed by atoms with E-state index < -0.39 is 26.5 Å². The average Bonchev–Trinajstić information content (AvgIpc) is 3.16. The highest BCUT2D eigenvalue weighted by Crippen LogP contribution is 2.42. The van der Waals surface area contributed by atoms with Crippen molar-refractivity contribution in [1.29, 1.82) is 0 Å². The van der Waals surface area contributed by atoms with Gasteiger partial charge in [-0.2, -0.15) is 0 Å². The van der Waals surface area contributed by atoms with E-state index in [1.54, 1.807) is 0 Å². The van der Waals surface area contributed by atoms with Gasteiger partial charge in [-0.25, -0.2) is 4.57 Å². The van der Waals surface area contributed by atoms with Gasteiger partial charge in [0.25, 0.3) is 0 Å². The van der Waals surface area contributed by atoms with Crippen LogP contribution in [0.1, 0.15) is 251 Å². The number of phosphoric acid groups is 1. The van der Waals surface area contributed by atoms with Crippen LogP contribution in [0.25, 0.3) is 0 Å². The molecule has 0 aliphatic heterocycles. The van der Waals surface area contributed by atoms with Gasteiger partial charge in [0.15, 0.2) is 6.10 Å². The molecule has 0 aromatic rings. The number of carbonyl (C=O) groups is 2. The number of hydrogen-bond acceptors (Lipinski definition) is 7. The Balaban J connectivity index is 3.84. The Hall–Kier alpha value is -0.950. The number of esters is 2. The second-order valence-electron chi connectivity index (χ2n) is 15.9. The molecule has 8 nitrogen and oxygen atoms in total. The fraction of sp³-hybridized carbons (Fsp3) is 0.956. The summed E-state index contributed by atoms with van der Waals surface area (Å²) in [5, 5.41) is 0. The zero-order valence-corrected chi connectivity index (χ0v) is 36.8. The molecule has 0 aromatic heterocycles. The van der Waals surface area contributed by atoms with Crippen LogP contribution < -0.4 is 0 Å². The fourth-order valence-electron chi connectivity index (χ4n) is 7.01. The van der Waals surface area contributed by atoms with Crippen molar-refractivity contribution in [2.45, 2.75) is 258 Å². The van der Waals surface area contributed by atoms with E-state index in [1.165, 1.54) is 186 Å². The minimum absolute atomic E-state index is 0.216. The van der Waals surface area contributed by atoms with Crippen molar-refractivity contribution in [3.8, 4) is 0 Å². The van der Waals surface area contributed by atoms with E-state index >= 15 is 0 Å². The molecule has 1 N–H and O–H groups in total. The van der Waals surface area contributed by atoms with Gasteiger partial charge in [-0.3, -0.25) is 18.6 Å². The molecule has 0 amide bonds. The van der Waals surface area contributed by atoms with Gasteiger partial charge >= 0.3 is 19.8 Å². The summed E-state index contributed by atoms with van der Waals surface area (Å²) in [7, 11) is -3.19. The average molecular weight is 789 g/mol. The molecule has 322 valence electrons. The number of rotatable bonds is 44. The van der Waals surface area contributed by atoms with E-state index in [2.05, 4.69) is 18.4 Å². The molecule has 2 atom stereocenters. The summed E-state index contributed by atoms with van der Waals surface area (Å²) in [4.78, 5) is 34.5. The predicted molar refractivity (Wildman–Crippen MR) is 226 cm³/mol. The summed E-state index contributed by atoms with van der Waals surface area (Å²) >= 11 is 0. The lowest BCUT2D eigenvalue weighted by Crippen LogP contribution is -2.29. The van der Waals surface area contributed by atoms with Crippen molar-refractivity contribution >= 4 is 19.8 Å². The maximum Gasteiger partial charge on any atom is 0.472 e. The van der Waals surface area contributed by atoms with E-state index in [4.69, 9.17) is 14.0 Å². The quantitative estimate of drug-likeness (QED) is 0.0369. The minimum Gasteiger partial charge on any atom is -0.462 e. The van der Waals surface area contributed by atoms with Crippen LogP contribution in [0, 0.1) is 0 Å². The minimum atomic E-state index is -4.25. The van der Waals surface area contributed by atoms with Crippen LogP contribution in [0.2, 0.25) is 0 Å². The smallest absolute Gasteiger partial charge is 0.462 e. The van der Waals surface area contributed by atoms with Crippen LogP contribution in [0.15, 0.2) is 0 Å². The normalized spacial score (nSPS) is 13.2. The second-order valence-corrected chi connectivity index (χ2v) is 17.5. The summed E-state index contributed by atoms with van der Waals surface area (Å²) < 4.78 is 32.0. The molecule has 2 unspecified atom stereocenters. The fourth-order valence-corrected chi connectivity index (χ4v) is 7.47. The van der Waals surface area contributed by atoms with Crippen molar-refractivity contribution in [3.05, 3.63) is 0 Å².